The van der Waals surface area contributed by atoms with Gasteiger partial charge in [0.05, 0.1) is 0 Å². The molecule has 0 spiro atoms. The number of hydrogen-bond donors (Lipinski definition) is 0. The Morgan fingerprint density at radius 1 is 0.929 bits per heavy atom. The zero-order valence-corrected chi connectivity index (χ0v) is 17.8. The van der Waals surface area contributed by atoms with Gasteiger partial charge in [0.15, 0.2) is 0 Å². The first kappa shape index (κ1) is 23.4. The van der Waals surface area contributed by atoms with E-state index in [1.807, 2.05) is 37.3 Å². The van der Waals surface area contributed by atoms with Crippen molar-refractivity contribution in [2.45, 2.75) is 20.8 Å². The molecule has 0 atom stereocenters. The van der Waals surface area contributed by atoms with Crippen LogP contribution in [-0.2, 0) is 0 Å². The zero-order chi connectivity index (χ0) is 20.8. The normalized spacial score (nSPS) is 18.2. The van der Waals surface area contributed by atoms with Crippen LogP contribution >= 0.6 is 0 Å². The van der Waals surface area contributed by atoms with Crippen molar-refractivity contribution < 1.29 is 0 Å². The fourth-order valence-electron chi connectivity index (χ4n) is 2.82. The van der Waals surface area contributed by atoms with Gasteiger partial charge in [-0.25, -0.2) is 4.99 Å². The lowest BCUT2D eigenvalue weighted by atomic mass is 10.1. The number of nitrogens with zero attached hydrogens (tertiary/aromatic N) is 3. The van der Waals surface area contributed by atoms with Crippen LogP contribution in [-0.4, -0.2) is 48.4 Å². The van der Waals surface area contributed by atoms with Gasteiger partial charge in [-0.2, -0.15) is 0 Å². The first-order valence-electron chi connectivity index (χ1n) is 9.80. The summed E-state index contributed by atoms with van der Waals surface area (Å²) in [6.07, 6.45) is 19.8. The van der Waals surface area contributed by atoms with Gasteiger partial charge in [0.25, 0.3) is 0 Å². The summed E-state index contributed by atoms with van der Waals surface area (Å²) >= 11 is 0. The Balaban J connectivity index is 2.69. The lowest BCUT2D eigenvalue weighted by molar-refractivity contribution is 0.196. The fraction of sp³-hybridized carbons (Fsp3) is 0.320. The summed E-state index contributed by atoms with van der Waals surface area (Å²) in [4.78, 5) is 9.15. The summed E-state index contributed by atoms with van der Waals surface area (Å²) in [6, 6.07) is 0. The fourth-order valence-corrected chi connectivity index (χ4v) is 2.82. The van der Waals surface area contributed by atoms with Gasteiger partial charge >= 0.3 is 0 Å². The van der Waals surface area contributed by atoms with E-state index < -0.39 is 0 Å². The predicted octanol–water partition coefficient (Wildman–Crippen LogP) is 5.47. The van der Waals surface area contributed by atoms with E-state index in [-0.39, 0.29) is 0 Å². The highest BCUT2D eigenvalue weighted by Gasteiger charge is 2.18. The van der Waals surface area contributed by atoms with Crippen molar-refractivity contribution in [2.24, 2.45) is 4.99 Å². The second kappa shape index (κ2) is 13.5. The molecule has 150 valence electrons. The first-order chi connectivity index (χ1) is 13.5. The molecule has 0 radical (unpaired) electrons. The van der Waals surface area contributed by atoms with Crippen LogP contribution in [0.1, 0.15) is 20.8 Å². The standard InChI is InChI=1S/C25H35N3/c1-7-11-12-14-22(5)23(6)15-16-24(9-3)21-27-17-19-28(20-18-27)25(13-8-2)26-10-4/h7-16H,1,3-4,17-21H2,2,5-6H3/b12-11-,13-8-,22-14+,23-15+,24-16+,26-25+. The highest BCUT2D eigenvalue weighted by atomic mass is 15.3. The number of amidine groups is 1. The van der Waals surface area contributed by atoms with Crippen molar-refractivity contribution >= 4 is 5.84 Å². The molecule has 1 fully saturated rings. The van der Waals surface area contributed by atoms with E-state index in [1.54, 1.807) is 12.3 Å². The van der Waals surface area contributed by atoms with Gasteiger partial charge in [0.2, 0.25) is 0 Å². The summed E-state index contributed by atoms with van der Waals surface area (Å²) < 4.78 is 0. The third-order valence-electron chi connectivity index (χ3n) is 4.67. The molecule has 1 aliphatic heterocycles. The van der Waals surface area contributed by atoms with Gasteiger partial charge in [-0.1, -0.05) is 68.3 Å². The van der Waals surface area contributed by atoms with E-state index in [9.17, 15) is 0 Å². The monoisotopic (exact) mass is 377 g/mol. The molecule has 1 heterocycles. The highest BCUT2D eigenvalue weighted by molar-refractivity contribution is 5.93. The van der Waals surface area contributed by atoms with E-state index in [0.29, 0.717) is 0 Å². The molecule has 0 saturated carbocycles. The largest absolute Gasteiger partial charge is 0.354 e. The second-order valence-electron chi connectivity index (χ2n) is 6.70. The van der Waals surface area contributed by atoms with E-state index in [0.717, 1.165) is 38.6 Å². The molecule has 0 aliphatic carbocycles. The molecular weight excluding hydrogens is 342 g/mol. The van der Waals surface area contributed by atoms with Crippen LogP contribution in [0.5, 0.6) is 0 Å². The minimum atomic E-state index is 0.914. The summed E-state index contributed by atoms with van der Waals surface area (Å²) in [5.41, 5.74) is 3.72. The van der Waals surface area contributed by atoms with Crippen LogP contribution < -0.4 is 0 Å². The van der Waals surface area contributed by atoms with Gasteiger partial charge in [-0.05, 0) is 43.6 Å². The summed E-state index contributed by atoms with van der Waals surface area (Å²) in [7, 11) is 0. The molecule has 28 heavy (non-hydrogen) atoms. The third kappa shape index (κ3) is 8.36. The van der Waals surface area contributed by atoms with Crippen LogP contribution in [0.15, 0.2) is 102 Å². The molecule has 0 unspecified atom stereocenters. The Morgan fingerprint density at radius 3 is 2.18 bits per heavy atom. The van der Waals surface area contributed by atoms with Crippen molar-refractivity contribution in [2.75, 3.05) is 32.7 Å². The molecule has 1 saturated heterocycles. The number of rotatable bonds is 9. The molecule has 0 N–H and O–H groups in total. The van der Waals surface area contributed by atoms with E-state index >= 15 is 0 Å². The maximum Gasteiger partial charge on any atom is 0.128 e. The number of aliphatic imine (C=N–C) groups is 1. The van der Waals surface area contributed by atoms with Crippen LogP contribution in [0.25, 0.3) is 0 Å². The molecular formula is C25H35N3. The zero-order valence-electron chi connectivity index (χ0n) is 17.8. The molecule has 3 nitrogen and oxygen atoms in total. The lowest BCUT2D eigenvalue weighted by Crippen LogP contribution is -2.48. The summed E-state index contributed by atoms with van der Waals surface area (Å²) in [5.74, 6) is 0.989. The van der Waals surface area contributed by atoms with Gasteiger partial charge in [0.1, 0.15) is 5.84 Å². The van der Waals surface area contributed by atoms with Crippen LogP contribution in [0.2, 0.25) is 0 Å². The van der Waals surface area contributed by atoms with Crippen LogP contribution in [0.4, 0.5) is 0 Å². The van der Waals surface area contributed by atoms with Crippen molar-refractivity contribution in [1.29, 1.82) is 0 Å². The average Bonchev–Trinajstić information content (AvgIpc) is 2.71. The van der Waals surface area contributed by atoms with E-state index in [2.05, 4.69) is 66.6 Å². The molecule has 0 aromatic heterocycles. The number of allylic oxidation sites excluding steroid dienone is 9. The topological polar surface area (TPSA) is 18.8 Å². The Hall–Kier alpha value is -2.65. The van der Waals surface area contributed by atoms with E-state index in [4.69, 9.17) is 0 Å². The number of hydrogen-bond acceptors (Lipinski definition) is 2. The predicted molar refractivity (Wildman–Crippen MR) is 126 cm³/mol. The molecule has 0 aromatic rings. The van der Waals surface area contributed by atoms with Crippen LogP contribution in [0.3, 0.4) is 0 Å². The first-order valence-corrected chi connectivity index (χ1v) is 9.80. The molecule has 1 rings (SSSR count). The maximum atomic E-state index is 4.38. The van der Waals surface area contributed by atoms with Crippen molar-refractivity contribution in [1.82, 2.24) is 9.80 Å². The Labute approximate surface area is 171 Å². The van der Waals surface area contributed by atoms with Crippen molar-refractivity contribution in [3.63, 3.8) is 0 Å². The average molecular weight is 378 g/mol. The smallest absolute Gasteiger partial charge is 0.128 e. The van der Waals surface area contributed by atoms with Crippen LogP contribution in [0, 0.1) is 0 Å². The van der Waals surface area contributed by atoms with Crippen molar-refractivity contribution in [3.05, 3.63) is 97.3 Å². The Bertz CT molecular complexity index is 706. The maximum absolute atomic E-state index is 4.38. The molecule has 1 aliphatic rings. The van der Waals surface area contributed by atoms with Gasteiger partial charge in [0, 0.05) is 38.9 Å². The highest BCUT2D eigenvalue weighted by Crippen LogP contribution is 2.12. The van der Waals surface area contributed by atoms with Gasteiger partial charge in [-0.15, -0.1) is 0 Å². The quantitative estimate of drug-likeness (QED) is 0.301. The summed E-state index contributed by atoms with van der Waals surface area (Å²) in [5, 5.41) is 0. The second-order valence-corrected chi connectivity index (χ2v) is 6.70. The minimum absolute atomic E-state index is 0.914. The molecule has 0 aromatic carbocycles. The SMILES string of the molecule is C=C\C=C/C=C(C)/C(C)=C/C=C(\C=C)CN1CCN(C(/C=C\C)=N/C=C)CC1. The molecule has 3 heteroatoms. The Kier molecular flexibility index (Phi) is 11.3. The van der Waals surface area contributed by atoms with Gasteiger partial charge < -0.3 is 4.90 Å². The lowest BCUT2D eigenvalue weighted by Gasteiger charge is -2.36. The van der Waals surface area contributed by atoms with Crippen molar-refractivity contribution in [3.8, 4) is 0 Å². The van der Waals surface area contributed by atoms with E-state index in [1.165, 1.54) is 16.7 Å². The number of piperazine rings is 1. The molecule has 0 amide bonds. The minimum Gasteiger partial charge on any atom is -0.354 e. The molecule has 0 bridgehead atoms. The summed E-state index contributed by atoms with van der Waals surface area (Å²) in [6.45, 7) is 22.5. The third-order valence-corrected chi connectivity index (χ3v) is 4.67. The van der Waals surface area contributed by atoms with Gasteiger partial charge in [-0.3, -0.25) is 4.90 Å². The Morgan fingerprint density at radius 2 is 1.61 bits per heavy atom.